The molecular formula is C26H34N4O2. The average Bonchev–Trinajstić information content (AvgIpc) is 3.35. The maximum Gasteiger partial charge on any atom is 0.227 e. The zero-order valence-corrected chi connectivity index (χ0v) is 19.3. The lowest BCUT2D eigenvalue weighted by atomic mass is 9.95. The van der Waals surface area contributed by atoms with E-state index in [1.165, 1.54) is 5.56 Å². The summed E-state index contributed by atoms with van der Waals surface area (Å²) in [5.41, 5.74) is 3.94. The Morgan fingerprint density at radius 3 is 2.25 bits per heavy atom. The van der Waals surface area contributed by atoms with Crippen molar-refractivity contribution in [2.75, 3.05) is 26.2 Å². The Hall–Kier alpha value is -2.76. The predicted molar refractivity (Wildman–Crippen MR) is 124 cm³/mol. The minimum absolute atomic E-state index is 0.158. The molecule has 2 aromatic rings. The Morgan fingerprint density at radius 2 is 1.56 bits per heavy atom. The molecule has 0 bridgehead atoms. The number of hydrogen-bond acceptors (Lipinski definition) is 4. The molecule has 0 aliphatic carbocycles. The number of aryl methyl sites for hydroxylation is 3. The quantitative estimate of drug-likeness (QED) is 0.697. The van der Waals surface area contributed by atoms with Gasteiger partial charge in [-0.05, 0) is 51.5 Å². The molecule has 1 atom stereocenters. The molecule has 2 aliphatic heterocycles. The van der Waals surface area contributed by atoms with Crippen LogP contribution in [0.1, 0.15) is 66.4 Å². The number of likely N-dealkylation sites (tertiary alicyclic amines) is 2. The molecule has 2 saturated heterocycles. The lowest BCUT2D eigenvalue weighted by Gasteiger charge is -2.32. The van der Waals surface area contributed by atoms with Crippen molar-refractivity contribution in [2.24, 2.45) is 0 Å². The van der Waals surface area contributed by atoms with E-state index in [9.17, 15) is 9.59 Å². The van der Waals surface area contributed by atoms with Crippen LogP contribution in [0.5, 0.6) is 0 Å². The van der Waals surface area contributed by atoms with E-state index in [-0.39, 0.29) is 17.7 Å². The number of carbonyl (C=O) groups is 2. The maximum absolute atomic E-state index is 12.8. The summed E-state index contributed by atoms with van der Waals surface area (Å²) in [4.78, 5) is 39.0. The predicted octanol–water partition coefficient (Wildman–Crippen LogP) is 3.60. The van der Waals surface area contributed by atoms with Crippen LogP contribution in [0.4, 0.5) is 0 Å². The van der Waals surface area contributed by atoms with Gasteiger partial charge in [-0.1, -0.05) is 30.3 Å². The largest absolute Gasteiger partial charge is 0.342 e. The van der Waals surface area contributed by atoms with Crippen molar-refractivity contribution < 1.29 is 9.59 Å². The van der Waals surface area contributed by atoms with Gasteiger partial charge in [0.15, 0.2) is 0 Å². The highest BCUT2D eigenvalue weighted by molar-refractivity contribution is 5.79. The first-order valence-electron chi connectivity index (χ1n) is 11.9. The second-order valence-corrected chi connectivity index (χ2v) is 9.16. The molecule has 0 saturated carbocycles. The highest BCUT2D eigenvalue weighted by Gasteiger charge is 2.28. The van der Waals surface area contributed by atoms with Gasteiger partial charge in [0.1, 0.15) is 5.82 Å². The number of nitrogens with zero attached hydrogens (tertiary/aromatic N) is 4. The molecule has 4 rings (SSSR count). The lowest BCUT2D eigenvalue weighted by molar-refractivity contribution is -0.132. The Bertz CT molecular complexity index is 931. The molecule has 6 heteroatoms. The van der Waals surface area contributed by atoms with Crippen LogP contribution in [0, 0.1) is 13.8 Å². The summed E-state index contributed by atoms with van der Waals surface area (Å²) in [6.07, 6.45) is 5.85. The van der Waals surface area contributed by atoms with Gasteiger partial charge in [0, 0.05) is 55.5 Å². The zero-order valence-electron chi connectivity index (χ0n) is 19.3. The fourth-order valence-electron chi connectivity index (χ4n) is 4.90. The number of amides is 2. The van der Waals surface area contributed by atoms with Gasteiger partial charge in [-0.15, -0.1) is 0 Å². The van der Waals surface area contributed by atoms with E-state index >= 15 is 0 Å². The normalized spacial score (nSPS) is 18.8. The SMILES string of the molecule is Cc1nc([C@H]2CCCN(C(=O)CCc3ccccc3)C2)nc(C)c1CC(=O)N1CCCC1. The van der Waals surface area contributed by atoms with Gasteiger partial charge in [0.25, 0.3) is 0 Å². The molecular weight excluding hydrogens is 400 g/mol. The minimum Gasteiger partial charge on any atom is -0.342 e. The van der Waals surface area contributed by atoms with E-state index < -0.39 is 0 Å². The van der Waals surface area contributed by atoms with E-state index in [0.717, 1.165) is 74.5 Å². The standard InChI is InChI=1S/C26H34N4O2/c1-19-23(17-25(32)29-14-6-7-15-29)20(2)28-26(27-19)22-11-8-16-30(18-22)24(31)13-12-21-9-4-3-5-10-21/h3-5,9-10,22H,6-8,11-18H2,1-2H3/t22-/m0/s1. The van der Waals surface area contributed by atoms with E-state index in [1.54, 1.807) is 0 Å². The summed E-state index contributed by atoms with van der Waals surface area (Å²) in [7, 11) is 0. The van der Waals surface area contributed by atoms with Crippen LogP contribution in [0.3, 0.4) is 0 Å². The van der Waals surface area contributed by atoms with Crippen LogP contribution in [0.2, 0.25) is 0 Å². The van der Waals surface area contributed by atoms with Crippen molar-refractivity contribution in [1.82, 2.24) is 19.8 Å². The Morgan fingerprint density at radius 1 is 0.906 bits per heavy atom. The Balaban J connectivity index is 1.39. The van der Waals surface area contributed by atoms with Gasteiger partial charge in [0.2, 0.25) is 11.8 Å². The summed E-state index contributed by atoms with van der Waals surface area (Å²) in [6.45, 7) is 7.19. The van der Waals surface area contributed by atoms with Crippen LogP contribution in [-0.4, -0.2) is 57.8 Å². The number of carbonyl (C=O) groups excluding carboxylic acids is 2. The van der Waals surface area contributed by atoms with Gasteiger partial charge in [0.05, 0.1) is 6.42 Å². The van der Waals surface area contributed by atoms with Crippen LogP contribution in [0.25, 0.3) is 0 Å². The molecule has 1 aromatic heterocycles. The number of rotatable bonds is 6. The second-order valence-electron chi connectivity index (χ2n) is 9.16. The summed E-state index contributed by atoms with van der Waals surface area (Å²) < 4.78 is 0. The van der Waals surface area contributed by atoms with Crippen molar-refractivity contribution in [3.63, 3.8) is 0 Å². The smallest absolute Gasteiger partial charge is 0.227 e. The summed E-state index contributed by atoms with van der Waals surface area (Å²) >= 11 is 0. The molecule has 6 nitrogen and oxygen atoms in total. The molecule has 2 aliphatic rings. The number of hydrogen-bond donors (Lipinski definition) is 0. The fourth-order valence-corrected chi connectivity index (χ4v) is 4.90. The van der Waals surface area contributed by atoms with E-state index in [0.29, 0.717) is 19.4 Å². The van der Waals surface area contributed by atoms with Crippen molar-refractivity contribution in [2.45, 2.75) is 64.7 Å². The lowest BCUT2D eigenvalue weighted by Crippen LogP contribution is -2.39. The number of piperidine rings is 1. The van der Waals surface area contributed by atoms with Crippen molar-refractivity contribution in [3.05, 3.63) is 58.7 Å². The molecule has 0 radical (unpaired) electrons. The summed E-state index contributed by atoms with van der Waals surface area (Å²) in [6, 6.07) is 10.2. The third kappa shape index (κ3) is 5.34. The topological polar surface area (TPSA) is 66.4 Å². The van der Waals surface area contributed by atoms with Gasteiger partial charge in [-0.25, -0.2) is 9.97 Å². The second kappa shape index (κ2) is 10.2. The molecule has 0 N–H and O–H groups in total. The molecule has 32 heavy (non-hydrogen) atoms. The molecule has 1 aromatic carbocycles. The fraction of sp³-hybridized carbons (Fsp3) is 0.538. The van der Waals surface area contributed by atoms with E-state index in [4.69, 9.17) is 9.97 Å². The highest BCUT2D eigenvalue weighted by atomic mass is 16.2. The highest BCUT2D eigenvalue weighted by Crippen LogP contribution is 2.27. The average molecular weight is 435 g/mol. The Labute approximate surface area is 191 Å². The first kappa shape index (κ1) is 22.4. The van der Waals surface area contributed by atoms with Gasteiger partial charge in [-0.3, -0.25) is 9.59 Å². The number of benzene rings is 1. The molecule has 0 unspecified atom stereocenters. The van der Waals surface area contributed by atoms with Gasteiger partial charge >= 0.3 is 0 Å². The first-order valence-corrected chi connectivity index (χ1v) is 11.9. The van der Waals surface area contributed by atoms with Crippen LogP contribution in [0.15, 0.2) is 30.3 Å². The molecule has 2 fully saturated rings. The van der Waals surface area contributed by atoms with Crippen molar-refractivity contribution in [1.29, 1.82) is 0 Å². The third-order valence-electron chi connectivity index (χ3n) is 6.83. The van der Waals surface area contributed by atoms with Gasteiger partial charge < -0.3 is 9.80 Å². The van der Waals surface area contributed by atoms with E-state index in [1.807, 2.05) is 41.8 Å². The number of aromatic nitrogens is 2. The molecule has 0 spiro atoms. The van der Waals surface area contributed by atoms with Crippen LogP contribution < -0.4 is 0 Å². The first-order chi connectivity index (χ1) is 15.5. The third-order valence-corrected chi connectivity index (χ3v) is 6.83. The monoisotopic (exact) mass is 434 g/mol. The summed E-state index contributed by atoms with van der Waals surface area (Å²) in [5, 5.41) is 0. The summed E-state index contributed by atoms with van der Waals surface area (Å²) in [5.74, 6) is 1.36. The van der Waals surface area contributed by atoms with E-state index in [2.05, 4.69) is 12.1 Å². The van der Waals surface area contributed by atoms with Crippen molar-refractivity contribution >= 4 is 11.8 Å². The van der Waals surface area contributed by atoms with Crippen molar-refractivity contribution in [3.8, 4) is 0 Å². The Kier molecular flexibility index (Phi) is 7.18. The van der Waals surface area contributed by atoms with Gasteiger partial charge in [-0.2, -0.15) is 0 Å². The maximum atomic E-state index is 12.8. The zero-order chi connectivity index (χ0) is 22.5. The van der Waals surface area contributed by atoms with Crippen LogP contribution >= 0.6 is 0 Å². The minimum atomic E-state index is 0.158. The molecule has 2 amide bonds. The molecule has 170 valence electrons. The molecule has 3 heterocycles. The van der Waals surface area contributed by atoms with Crippen LogP contribution in [-0.2, 0) is 22.4 Å².